The summed E-state index contributed by atoms with van der Waals surface area (Å²) in [7, 11) is 0. The van der Waals surface area contributed by atoms with Gasteiger partial charge in [0, 0.05) is 13.3 Å². The molecule has 0 fully saturated rings. The SMILES string of the molecule is CC1C=Cc2cc[nH]c2C=C1.[HH]. The van der Waals surface area contributed by atoms with Gasteiger partial charge in [-0.1, -0.05) is 25.2 Å². The van der Waals surface area contributed by atoms with Crippen molar-refractivity contribution in [2.24, 2.45) is 5.92 Å². The molecule has 0 saturated heterocycles. The molecule has 1 aromatic rings. The molecule has 0 spiro atoms. The van der Waals surface area contributed by atoms with Crippen LogP contribution in [0.15, 0.2) is 24.4 Å². The molecule has 0 amide bonds. The van der Waals surface area contributed by atoms with Gasteiger partial charge in [0.15, 0.2) is 0 Å². The highest BCUT2D eigenvalue weighted by Crippen LogP contribution is 2.17. The molecule has 0 radical (unpaired) electrons. The fraction of sp³-hybridized carbons (Fsp3) is 0.200. The first-order valence-corrected chi connectivity index (χ1v) is 3.90. The minimum atomic E-state index is 0. The van der Waals surface area contributed by atoms with Gasteiger partial charge < -0.3 is 4.98 Å². The summed E-state index contributed by atoms with van der Waals surface area (Å²) in [6.07, 6.45) is 10.7. The van der Waals surface area contributed by atoms with Crippen LogP contribution in [-0.4, -0.2) is 4.98 Å². The van der Waals surface area contributed by atoms with Crippen molar-refractivity contribution in [3.8, 4) is 0 Å². The van der Waals surface area contributed by atoms with E-state index in [4.69, 9.17) is 0 Å². The van der Waals surface area contributed by atoms with Crippen LogP contribution in [-0.2, 0) is 0 Å². The van der Waals surface area contributed by atoms with Crippen molar-refractivity contribution in [1.29, 1.82) is 0 Å². The highest BCUT2D eigenvalue weighted by molar-refractivity contribution is 5.65. The molecule has 1 unspecified atom stereocenters. The molecule has 1 aromatic heterocycles. The predicted octanol–water partition coefficient (Wildman–Crippen LogP) is 2.94. The Labute approximate surface area is 67.9 Å². The number of hydrogen-bond acceptors (Lipinski definition) is 0. The lowest BCUT2D eigenvalue weighted by molar-refractivity contribution is 0.953. The van der Waals surface area contributed by atoms with E-state index in [1.807, 2.05) is 6.20 Å². The van der Waals surface area contributed by atoms with E-state index in [9.17, 15) is 0 Å². The Balaban J connectivity index is 0.000000720. The highest BCUT2D eigenvalue weighted by atomic mass is 14.7. The van der Waals surface area contributed by atoms with Crippen LogP contribution >= 0.6 is 0 Å². The lowest BCUT2D eigenvalue weighted by atomic mass is 10.1. The predicted molar refractivity (Wildman–Crippen MR) is 50.1 cm³/mol. The van der Waals surface area contributed by atoms with Gasteiger partial charge in [0.1, 0.15) is 0 Å². The molecular formula is C10H13N. The number of aromatic nitrogens is 1. The van der Waals surface area contributed by atoms with E-state index in [2.05, 4.69) is 42.3 Å². The fourth-order valence-electron chi connectivity index (χ4n) is 1.25. The molecule has 0 saturated carbocycles. The first-order valence-electron chi connectivity index (χ1n) is 3.90. The largest absolute Gasteiger partial charge is 0.361 e. The summed E-state index contributed by atoms with van der Waals surface area (Å²) in [4.78, 5) is 3.18. The Morgan fingerprint density at radius 2 is 2.18 bits per heavy atom. The average molecular weight is 147 g/mol. The van der Waals surface area contributed by atoms with Crippen LogP contribution in [0.25, 0.3) is 12.2 Å². The molecule has 1 N–H and O–H groups in total. The van der Waals surface area contributed by atoms with Crippen LogP contribution in [0, 0.1) is 5.92 Å². The van der Waals surface area contributed by atoms with Crippen LogP contribution in [0.5, 0.6) is 0 Å². The Hall–Kier alpha value is -1.24. The summed E-state index contributed by atoms with van der Waals surface area (Å²) in [5, 5.41) is 0. The van der Waals surface area contributed by atoms with E-state index < -0.39 is 0 Å². The molecule has 1 nitrogen and oxygen atoms in total. The summed E-state index contributed by atoms with van der Waals surface area (Å²) in [5.74, 6) is 0.552. The van der Waals surface area contributed by atoms with E-state index in [1.165, 1.54) is 11.3 Å². The van der Waals surface area contributed by atoms with Gasteiger partial charge in [0.2, 0.25) is 0 Å². The van der Waals surface area contributed by atoms with Crippen molar-refractivity contribution in [3.63, 3.8) is 0 Å². The smallest absolute Gasteiger partial charge is 0.0450 e. The molecule has 1 aliphatic rings. The first kappa shape index (κ1) is 6.47. The second-order valence-corrected chi connectivity index (χ2v) is 2.92. The number of hydrogen-bond donors (Lipinski definition) is 1. The van der Waals surface area contributed by atoms with Crippen molar-refractivity contribution in [3.05, 3.63) is 35.7 Å². The van der Waals surface area contributed by atoms with Crippen LogP contribution in [0.2, 0.25) is 0 Å². The van der Waals surface area contributed by atoms with Crippen LogP contribution in [0.3, 0.4) is 0 Å². The van der Waals surface area contributed by atoms with Crippen molar-refractivity contribution in [2.75, 3.05) is 0 Å². The molecular weight excluding hydrogens is 134 g/mol. The van der Waals surface area contributed by atoms with Crippen molar-refractivity contribution >= 4 is 12.2 Å². The molecule has 1 heteroatoms. The second kappa shape index (κ2) is 2.42. The topological polar surface area (TPSA) is 15.8 Å². The fourth-order valence-corrected chi connectivity index (χ4v) is 1.25. The molecule has 0 aromatic carbocycles. The molecule has 1 atom stereocenters. The maximum Gasteiger partial charge on any atom is 0.0450 e. The van der Waals surface area contributed by atoms with Gasteiger partial charge >= 0.3 is 0 Å². The third kappa shape index (κ3) is 1.14. The van der Waals surface area contributed by atoms with Gasteiger partial charge in [-0.25, -0.2) is 0 Å². The zero-order chi connectivity index (χ0) is 7.68. The van der Waals surface area contributed by atoms with Gasteiger partial charge in [-0.2, -0.15) is 0 Å². The summed E-state index contributed by atoms with van der Waals surface area (Å²) in [6.45, 7) is 2.18. The maximum atomic E-state index is 3.18. The number of nitrogens with one attached hydrogen (secondary N) is 1. The number of allylic oxidation sites excluding steroid dienone is 2. The number of rotatable bonds is 0. The lowest BCUT2D eigenvalue weighted by Gasteiger charge is -1.91. The Morgan fingerprint density at radius 3 is 3.09 bits per heavy atom. The molecule has 1 heterocycles. The van der Waals surface area contributed by atoms with Gasteiger partial charge in [0.25, 0.3) is 0 Å². The number of fused-ring (bicyclic) bond motifs is 1. The van der Waals surface area contributed by atoms with Gasteiger partial charge in [0.05, 0.1) is 0 Å². The van der Waals surface area contributed by atoms with E-state index in [0.29, 0.717) is 5.92 Å². The summed E-state index contributed by atoms with van der Waals surface area (Å²) in [5.41, 5.74) is 2.50. The normalized spacial score (nSPS) is 21.4. The minimum absolute atomic E-state index is 0. The molecule has 0 aliphatic heterocycles. The Kier molecular flexibility index (Phi) is 1.42. The third-order valence-electron chi connectivity index (χ3n) is 1.96. The highest BCUT2D eigenvalue weighted by Gasteiger charge is 2.01. The lowest BCUT2D eigenvalue weighted by Crippen LogP contribution is -1.77. The first-order chi connectivity index (χ1) is 5.36. The van der Waals surface area contributed by atoms with E-state index >= 15 is 0 Å². The van der Waals surface area contributed by atoms with Crippen LogP contribution in [0.4, 0.5) is 0 Å². The monoisotopic (exact) mass is 147 g/mol. The van der Waals surface area contributed by atoms with Gasteiger partial charge in [-0.15, -0.1) is 0 Å². The zero-order valence-electron chi connectivity index (χ0n) is 6.54. The third-order valence-corrected chi connectivity index (χ3v) is 1.96. The Bertz CT molecular complexity index is 281. The average Bonchev–Trinajstić information content (AvgIpc) is 2.38. The van der Waals surface area contributed by atoms with Crippen molar-refractivity contribution in [1.82, 2.24) is 4.98 Å². The van der Waals surface area contributed by atoms with Gasteiger partial charge in [-0.05, 0) is 23.6 Å². The molecule has 1 aliphatic carbocycles. The number of aromatic amines is 1. The van der Waals surface area contributed by atoms with E-state index in [-0.39, 0.29) is 1.43 Å². The zero-order valence-corrected chi connectivity index (χ0v) is 6.54. The maximum absolute atomic E-state index is 3.18. The van der Waals surface area contributed by atoms with E-state index in [0.717, 1.165) is 0 Å². The quantitative estimate of drug-likeness (QED) is 0.580. The second-order valence-electron chi connectivity index (χ2n) is 2.92. The standard InChI is InChI=1S/C10H11N.H2/c1-8-2-4-9-6-7-11-10(9)5-3-8;/h2-8,11H,1H3;1H. The number of H-pyrrole nitrogens is 1. The van der Waals surface area contributed by atoms with Crippen molar-refractivity contribution < 1.29 is 1.43 Å². The Morgan fingerprint density at radius 1 is 1.36 bits per heavy atom. The summed E-state index contributed by atoms with van der Waals surface area (Å²) >= 11 is 0. The molecule has 11 heavy (non-hydrogen) atoms. The minimum Gasteiger partial charge on any atom is -0.361 e. The van der Waals surface area contributed by atoms with Gasteiger partial charge in [-0.3, -0.25) is 0 Å². The summed E-state index contributed by atoms with van der Waals surface area (Å²) < 4.78 is 0. The van der Waals surface area contributed by atoms with E-state index in [1.54, 1.807) is 0 Å². The van der Waals surface area contributed by atoms with Crippen molar-refractivity contribution in [2.45, 2.75) is 6.92 Å². The van der Waals surface area contributed by atoms with Crippen LogP contribution < -0.4 is 0 Å². The molecule has 58 valence electrons. The van der Waals surface area contributed by atoms with Crippen LogP contribution in [0.1, 0.15) is 19.6 Å². The molecule has 0 bridgehead atoms. The summed E-state index contributed by atoms with van der Waals surface area (Å²) in [6, 6.07) is 2.09. The molecule has 2 rings (SSSR count).